The number of carbonyl (C=O) groups is 2. The molecule has 0 aromatic heterocycles. The summed E-state index contributed by atoms with van der Waals surface area (Å²) >= 11 is 0. The molecule has 8 nitrogen and oxygen atoms in total. The largest absolute Gasteiger partial charge is 0.453 e. The summed E-state index contributed by atoms with van der Waals surface area (Å²) in [5.41, 5.74) is 2.48. The summed E-state index contributed by atoms with van der Waals surface area (Å²) in [6, 6.07) is 14.0. The van der Waals surface area contributed by atoms with E-state index in [1.807, 2.05) is 24.3 Å². The van der Waals surface area contributed by atoms with Crippen LogP contribution in [0.1, 0.15) is 34.3 Å². The summed E-state index contributed by atoms with van der Waals surface area (Å²) < 4.78 is 32.7. The number of nitrogens with one attached hydrogen (secondary N) is 1. The second-order valence-corrected chi connectivity index (χ2v) is 10.0. The fourth-order valence-electron chi connectivity index (χ4n) is 4.23. The molecule has 0 aliphatic carbocycles. The zero-order valence-electron chi connectivity index (χ0n) is 18.0. The van der Waals surface area contributed by atoms with Crippen molar-refractivity contribution in [3.63, 3.8) is 0 Å². The number of piperidine rings is 1. The van der Waals surface area contributed by atoms with E-state index < -0.39 is 10.0 Å². The van der Waals surface area contributed by atoms with E-state index in [4.69, 9.17) is 4.74 Å². The van der Waals surface area contributed by atoms with Gasteiger partial charge >= 0.3 is 6.09 Å². The smallest absolute Gasteiger partial charge is 0.409 e. The third-order valence-corrected chi connectivity index (χ3v) is 7.93. The molecule has 4 rings (SSSR count). The second kappa shape index (κ2) is 9.30. The second-order valence-electron chi connectivity index (χ2n) is 8.09. The molecular formula is C23H27N3O5S. The number of hydrogen-bond donors (Lipinski definition) is 1. The highest BCUT2D eigenvalue weighted by Crippen LogP contribution is 2.25. The Bertz CT molecular complexity index is 1110. The average molecular weight is 458 g/mol. The van der Waals surface area contributed by atoms with Crippen LogP contribution < -0.4 is 5.32 Å². The third-order valence-electron chi connectivity index (χ3n) is 6.09. The van der Waals surface area contributed by atoms with E-state index in [2.05, 4.69) is 5.32 Å². The summed E-state index contributed by atoms with van der Waals surface area (Å²) in [7, 11) is -2.37. The fourth-order valence-corrected chi connectivity index (χ4v) is 5.69. The number of ether oxygens (including phenoxy) is 1. The van der Waals surface area contributed by atoms with Gasteiger partial charge in [0, 0.05) is 37.8 Å². The molecule has 0 bridgehead atoms. The van der Waals surface area contributed by atoms with Gasteiger partial charge in [-0.15, -0.1) is 0 Å². The number of amides is 2. The first-order chi connectivity index (χ1) is 15.4. The van der Waals surface area contributed by atoms with E-state index in [0.717, 1.165) is 5.56 Å². The molecule has 1 fully saturated rings. The van der Waals surface area contributed by atoms with Gasteiger partial charge in [-0.2, -0.15) is 4.31 Å². The number of benzene rings is 2. The van der Waals surface area contributed by atoms with Crippen LogP contribution in [-0.2, 0) is 27.7 Å². The molecule has 32 heavy (non-hydrogen) atoms. The molecule has 1 N–H and O–H groups in total. The van der Waals surface area contributed by atoms with Gasteiger partial charge in [0.05, 0.1) is 12.0 Å². The topological polar surface area (TPSA) is 96.0 Å². The van der Waals surface area contributed by atoms with Gasteiger partial charge in [-0.3, -0.25) is 4.79 Å². The van der Waals surface area contributed by atoms with Crippen LogP contribution in [0.15, 0.2) is 53.4 Å². The number of hydrogen-bond acceptors (Lipinski definition) is 5. The molecule has 2 aliphatic heterocycles. The lowest BCUT2D eigenvalue weighted by molar-refractivity contribution is 0.0892. The predicted octanol–water partition coefficient (Wildman–Crippen LogP) is 2.39. The Morgan fingerprint density at radius 3 is 2.44 bits per heavy atom. The van der Waals surface area contributed by atoms with Crippen molar-refractivity contribution in [1.29, 1.82) is 0 Å². The zero-order chi connectivity index (χ0) is 22.7. The molecule has 170 valence electrons. The summed E-state index contributed by atoms with van der Waals surface area (Å²) in [5.74, 6) is -0.317. The number of fused-ring (bicyclic) bond motifs is 1. The lowest BCUT2D eigenvalue weighted by Crippen LogP contribution is -2.46. The summed E-state index contributed by atoms with van der Waals surface area (Å²) in [4.78, 5) is 26.1. The monoisotopic (exact) mass is 457 g/mol. The first-order valence-corrected chi connectivity index (χ1v) is 12.1. The van der Waals surface area contributed by atoms with Crippen molar-refractivity contribution >= 4 is 22.0 Å². The maximum absolute atomic E-state index is 13.2. The molecule has 2 aromatic rings. The van der Waals surface area contributed by atoms with Crippen LogP contribution in [-0.4, -0.2) is 62.4 Å². The molecule has 2 amide bonds. The van der Waals surface area contributed by atoms with Gasteiger partial charge in [0.2, 0.25) is 10.0 Å². The van der Waals surface area contributed by atoms with Crippen molar-refractivity contribution < 1.29 is 22.7 Å². The van der Waals surface area contributed by atoms with E-state index in [9.17, 15) is 18.0 Å². The average Bonchev–Trinajstić information content (AvgIpc) is 2.83. The van der Waals surface area contributed by atoms with Crippen LogP contribution in [0.4, 0.5) is 4.79 Å². The Kier molecular flexibility index (Phi) is 6.48. The minimum absolute atomic E-state index is 0.0812. The summed E-state index contributed by atoms with van der Waals surface area (Å²) in [6.07, 6.45) is 1.53. The number of methoxy groups -OCH3 is 1. The van der Waals surface area contributed by atoms with Crippen molar-refractivity contribution in [3.8, 4) is 0 Å². The normalized spacial score (nSPS) is 17.5. The predicted molar refractivity (Wildman–Crippen MR) is 119 cm³/mol. The summed E-state index contributed by atoms with van der Waals surface area (Å²) in [6.45, 7) is 1.74. The highest BCUT2D eigenvalue weighted by Gasteiger charge is 2.29. The van der Waals surface area contributed by atoms with E-state index in [-0.39, 0.29) is 22.9 Å². The van der Waals surface area contributed by atoms with E-state index in [1.54, 1.807) is 17.0 Å². The molecule has 2 aromatic carbocycles. The van der Waals surface area contributed by atoms with Gasteiger partial charge in [0.1, 0.15) is 0 Å². The van der Waals surface area contributed by atoms with Crippen LogP contribution in [0.5, 0.6) is 0 Å². The number of likely N-dealkylation sites (tertiary alicyclic amines) is 1. The van der Waals surface area contributed by atoms with Crippen LogP contribution in [0.25, 0.3) is 0 Å². The van der Waals surface area contributed by atoms with Gasteiger partial charge in [0.15, 0.2) is 0 Å². The number of nitrogens with zero attached hydrogens (tertiary/aromatic N) is 2. The Hall–Kier alpha value is -2.91. The van der Waals surface area contributed by atoms with Gasteiger partial charge in [0.25, 0.3) is 5.91 Å². The quantitative estimate of drug-likeness (QED) is 0.761. The third kappa shape index (κ3) is 4.63. The molecule has 1 saturated heterocycles. The van der Waals surface area contributed by atoms with Crippen molar-refractivity contribution in [3.05, 3.63) is 65.2 Å². The maximum Gasteiger partial charge on any atom is 0.409 e. The Balaban J connectivity index is 1.43. The van der Waals surface area contributed by atoms with E-state index in [0.29, 0.717) is 51.0 Å². The standard InChI is InChI=1S/C23H27N3O5S/c1-31-23(28)25-12-10-20(11-13-25)24-22(27)18-7-4-8-21(15-18)32(29,30)26-14-9-17-5-2-3-6-19(17)16-26/h2-8,15,20H,9-14,16H2,1H3,(H,24,27). The molecule has 0 unspecified atom stereocenters. The number of carbonyl (C=O) groups excluding carboxylic acids is 2. The minimum Gasteiger partial charge on any atom is -0.453 e. The van der Waals surface area contributed by atoms with Crippen LogP contribution in [0.2, 0.25) is 0 Å². The summed E-state index contributed by atoms with van der Waals surface area (Å²) in [5, 5.41) is 2.96. The van der Waals surface area contributed by atoms with Gasteiger partial charge in [-0.25, -0.2) is 13.2 Å². The molecule has 0 spiro atoms. The highest BCUT2D eigenvalue weighted by atomic mass is 32.2. The number of sulfonamides is 1. The van der Waals surface area contributed by atoms with Gasteiger partial charge in [-0.05, 0) is 48.6 Å². The SMILES string of the molecule is COC(=O)N1CCC(NC(=O)c2cccc(S(=O)(=O)N3CCc4ccccc4C3)c2)CC1. The Morgan fingerprint density at radius 2 is 1.72 bits per heavy atom. The molecule has 0 radical (unpaired) electrons. The minimum atomic E-state index is -3.72. The lowest BCUT2D eigenvalue weighted by atomic mass is 10.0. The Morgan fingerprint density at radius 1 is 1.00 bits per heavy atom. The molecular weight excluding hydrogens is 430 g/mol. The van der Waals surface area contributed by atoms with Crippen LogP contribution in [0.3, 0.4) is 0 Å². The molecule has 2 aliphatic rings. The van der Waals surface area contributed by atoms with E-state index >= 15 is 0 Å². The van der Waals surface area contributed by atoms with Gasteiger partial charge < -0.3 is 15.0 Å². The van der Waals surface area contributed by atoms with Crippen molar-refractivity contribution in [2.45, 2.75) is 36.7 Å². The zero-order valence-corrected chi connectivity index (χ0v) is 18.8. The maximum atomic E-state index is 13.2. The fraction of sp³-hybridized carbons (Fsp3) is 0.391. The van der Waals surface area contributed by atoms with Gasteiger partial charge in [-0.1, -0.05) is 30.3 Å². The molecule has 0 atom stereocenters. The van der Waals surface area contributed by atoms with Crippen LogP contribution in [0, 0.1) is 0 Å². The van der Waals surface area contributed by atoms with Crippen molar-refractivity contribution in [2.75, 3.05) is 26.7 Å². The first kappa shape index (κ1) is 22.3. The Labute approximate surface area is 188 Å². The number of rotatable bonds is 4. The lowest BCUT2D eigenvalue weighted by Gasteiger charge is -2.31. The molecule has 9 heteroatoms. The van der Waals surface area contributed by atoms with Crippen molar-refractivity contribution in [2.24, 2.45) is 0 Å². The highest BCUT2D eigenvalue weighted by molar-refractivity contribution is 7.89. The molecule has 2 heterocycles. The van der Waals surface area contributed by atoms with E-state index in [1.165, 1.54) is 29.1 Å². The first-order valence-electron chi connectivity index (χ1n) is 10.7. The van der Waals surface area contributed by atoms with Crippen molar-refractivity contribution in [1.82, 2.24) is 14.5 Å². The van der Waals surface area contributed by atoms with Crippen LogP contribution >= 0.6 is 0 Å². The molecule has 0 saturated carbocycles.